The van der Waals surface area contributed by atoms with Crippen molar-refractivity contribution >= 4 is 11.8 Å². The lowest BCUT2D eigenvalue weighted by Crippen LogP contribution is -2.40. The zero-order valence-corrected chi connectivity index (χ0v) is 14.1. The van der Waals surface area contributed by atoms with E-state index in [2.05, 4.69) is 22.7 Å². The second kappa shape index (κ2) is 7.92. The van der Waals surface area contributed by atoms with E-state index in [0.717, 1.165) is 18.5 Å². The number of nitrogens with zero attached hydrogens (tertiary/aromatic N) is 2. The predicted molar refractivity (Wildman–Crippen MR) is 90.2 cm³/mol. The first-order valence-corrected chi connectivity index (χ1v) is 7.94. The van der Waals surface area contributed by atoms with E-state index in [1.54, 1.807) is 18.7 Å². The minimum atomic E-state index is -0.932. The lowest BCUT2D eigenvalue weighted by molar-refractivity contribution is 0.139. The lowest BCUT2D eigenvalue weighted by atomic mass is 10.0. The summed E-state index contributed by atoms with van der Waals surface area (Å²) >= 11 is 0. The quantitative estimate of drug-likeness (QED) is 0.760. The third kappa shape index (κ3) is 4.55. The van der Waals surface area contributed by atoms with Crippen LogP contribution in [0.1, 0.15) is 37.6 Å². The normalized spacial score (nSPS) is 13.4. The van der Waals surface area contributed by atoms with Crippen LogP contribution in [0.15, 0.2) is 30.3 Å². The van der Waals surface area contributed by atoms with Gasteiger partial charge in [0.05, 0.1) is 17.8 Å². The summed E-state index contributed by atoms with van der Waals surface area (Å²) in [4.78, 5) is 12.1. The Labute approximate surface area is 140 Å². The highest BCUT2D eigenvalue weighted by atomic mass is 19.1. The number of halogens is 1. The number of aryl methyl sites for hydroxylation is 2. The van der Waals surface area contributed by atoms with Crippen molar-refractivity contribution in [2.75, 3.05) is 5.32 Å². The second-order valence-corrected chi connectivity index (χ2v) is 5.78. The minimum absolute atomic E-state index is 0.372. The monoisotopic (exact) mass is 334 g/mol. The van der Waals surface area contributed by atoms with E-state index in [-0.39, 0.29) is 5.82 Å². The van der Waals surface area contributed by atoms with E-state index in [1.165, 1.54) is 24.3 Å². The summed E-state index contributed by atoms with van der Waals surface area (Å²) in [6, 6.07) is 6.38. The van der Waals surface area contributed by atoms with Crippen LogP contribution in [-0.2, 0) is 13.5 Å². The van der Waals surface area contributed by atoms with Gasteiger partial charge in [-0.1, -0.05) is 25.5 Å². The zero-order valence-electron chi connectivity index (χ0n) is 14.1. The SMILES string of the molecule is CCCc1cc(NC(=O)NC(C)C(O)c2ccc(F)cc2)n(C)n1. The van der Waals surface area contributed by atoms with Gasteiger partial charge in [0.1, 0.15) is 11.6 Å². The fourth-order valence-corrected chi connectivity index (χ4v) is 2.41. The average Bonchev–Trinajstić information content (AvgIpc) is 2.87. The van der Waals surface area contributed by atoms with Gasteiger partial charge in [0.15, 0.2) is 0 Å². The van der Waals surface area contributed by atoms with Gasteiger partial charge in [-0.15, -0.1) is 0 Å². The maximum atomic E-state index is 12.9. The average molecular weight is 334 g/mol. The van der Waals surface area contributed by atoms with Crippen LogP contribution in [0.3, 0.4) is 0 Å². The molecule has 130 valence electrons. The molecule has 3 N–H and O–H groups in total. The van der Waals surface area contributed by atoms with Gasteiger partial charge in [0, 0.05) is 13.1 Å². The van der Waals surface area contributed by atoms with Crippen LogP contribution in [0.2, 0.25) is 0 Å². The molecule has 2 unspecified atom stereocenters. The van der Waals surface area contributed by atoms with E-state index in [9.17, 15) is 14.3 Å². The van der Waals surface area contributed by atoms with Crippen molar-refractivity contribution in [1.82, 2.24) is 15.1 Å². The number of carbonyl (C=O) groups excluding carboxylic acids is 1. The predicted octanol–water partition coefficient (Wildman–Crippen LogP) is 2.76. The number of aromatic nitrogens is 2. The van der Waals surface area contributed by atoms with Crippen LogP contribution in [-0.4, -0.2) is 27.0 Å². The number of hydrogen-bond donors (Lipinski definition) is 3. The van der Waals surface area contributed by atoms with Gasteiger partial charge in [-0.05, 0) is 31.0 Å². The number of aliphatic hydroxyl groups is 1. The summed E-state index contributed by atoms with van der Waals surface area (Å²) < 4.78 is 14.5. The Morgan fingerprint density at radius 3 is 2.67 bits per heavy atom. The van der Waals surface area contributed by atoms with Crippen molar-refractivity contribution in [3.63, 3.8) is 0 Å². The molecule has 0 saturated carbocycles. The fourth-order valence-electron chi connectivity index (χ4n) is 2.41. The molecule has 2 amide bonds. The second-order valence-electron chi connectivity index (χ2n) is 5.78. The number of hydrogen-bond acceptors (Lipinski definition) is 3. The Kier molecular flexibility index (Phi) is 5.92. The van der Waals surface area contributed by atoms with Crippen LogP contribution in [0.4, 0.5) is 15.0 Å². The Morgan fingerprint density at radius 2 is 2.04 bits per heavy atom. The van der Waals surface area contributed by atoms with Crippen molar-refractivity contribution < 1.29 is 14.3 Å². The number of aliphatic hydroxyl groups excluding tert-OH is 1. The highest BCUT2D eigenvalue weighted by Gasteiger charge is 2.19. The van der Waals surface area contributed by atoms with Gasteiger partial charge in [-0.2, -0.15) is 5.10 Å². The Hall–Kier alpha value is -2.41. The molecule has 2 atom stereocenters. The zero-order chi connectivity index (χ0) is 17.7. The van der Waals surface area contributed by atoms with Crippen molar-refractivity contribution in [3.05, 3.63) is 47.4 Å². The highest BCUT2D eigenvalue weighted by Crippen LogP contribution is 2.17. The van der Waals surface area contributed by atoms with Gasteiger partial charge < -0.3 is 10.4 Å². The van der Waals surface area contributed by atoms with Crippen molar-refractivity contribution in [2.45, 2.75) is 38.8 Å². The van der Waals surface area contributed by atoms with Crippen molar-refractivity contribution in [3.8, 4) is 0 Å². The first-order chi connectivity index (χ1) is 11.4. The molecule has 2 rings (SSSR count). The molecule has 0 spiro atoms. The van der Waals surface area contributed by atoms with Crippen LogP contribution in [0.5, 0.6) is 0 Å². The Balaban J connectivity index is 1.94. The van der Waals surface area contributed by atoms with Crippen molar-refractivity contribution in [1.29, 1.82) is 0 Å². The van der Waals surface area contributed by atoms with E-state index < -0.39 is 18.2 Å². The van der Waals surface area contributed by atoms with Crippen LogP contribution in [0, 0.1) is 5.82 Å². The van der Waals surface area contributed by atoms with E-state index in [4.69, 9.17) is 0 Å². The molecule has 0 aliphatic rings. The van der Waals surface area contributed by atoms with Gasteiger partial charge in [0.2, 0.25) is 0 Å². The van der Waals surface area contributed by atoms with E-state index in [0.29, 0.717) is 11.4 Å². The summed E-state index contributed by atoms with van der Waals surface area (Å²) in [7, 11) is 1.76. The first-order valence-electron chi connectivity index (χ1n) is 7.94. The van der Waals surface area contributed by atoms with Crippen molar-refractivity contribution in [2.24, 2.45) is 7.05 Å². The molecule has 24 heavy (non-hydrogen) atoms. The Morgan fingerprint density at radius 1 is 1.38 bits per heavy atom. The molecule has 1 aromatic heterocycles. The third-order valence-corrected chi connectivity index (χ3v) is 3.72. The number of nitrogens with one attached hydrogen (secondary N) is 2. The van der Waals surface area contributed by atoms with Crippen LogP contribution >= 0.6 is 0 Å². The van der Waals surface area contributed by atoms with E-state index >= 15 is 0 Å². The number of rotatable bonds is 6. The number of carbonyl (C=O) groups is 1. The standard InChI is InChI=1S/C17H23FN4O2/c1-4-5-14-10-15(22(3)21-14)20-17(24)19-11(2)16(23)12-6-8-13(18)9-7-12/h6-11,16,23H,4-5H2,1-3H3,(H2,19,20,24). The largest absolute Gasteiger partial charge is 0.386 e. The molecule has 0 radical (unpaired) electrons. The number of urea groups is 1. The van der Waals surface area contributed by atoms with Crippen LogP contribution < -0.4 is 10.6 Å². The molecule has 1 heterocycles. The molecule has 6 nitrogen and oxygen atoms in total. The molecular weight excluding hydrogens is 311 g/mol. The van der Waals surface area contributed by atoms with Crippen LogP contribution in [0.25, 0.3) is 0 Å². The summed E-state index contributed by atoms with van der Waals surface area (Å²) in [6.07, 6.45) is 0.888. The summed E-state index contributed by atoms with van der Waals surface area (Å²) in [5.74, 6) is 0.211. The molecule has 2 aromatic rings. The fraction of sp³-hybridized carbons (Fsp3) is 0.412. The maximum Gasteiger partial charge on any atom is 0.320 e. The molecule has 0 bridgehead atoms. The number of amides is 2. The summed E-state index contributed by atoms with van der Waals surface area (Å²) in [6.45, 7) is 3.74. The van der Waals surface area contributed by atoms with Gasteiger partial charge in [-0.3, -0.25) is 10.00 Å². The molecule has 0 saturated heterocycles. The highest BCUT2D eigenvalue weighted by molar-refractivity contribution is 5.88. The summed E-state index contributed by atoms with van der Waals surface area (Å²) in [5.41, 5.74) is 1.45. The Bertz CT molecular complexity index is 684. The molecule has 7 heteroatoms. The first kappa shape index (κ1) is 17.9. The molecule has 0 fully saturated rings. The summed E-state index contributed by atoms with van der Waals surface area (Å²) in [5, 5.41) is 19.9. The minimum Gasteiger partial charge on any atom is -0.386 e. The molecule has 0 aliphatic carbocycles. The number of benzene rings is 1. The smallest absolute Gasteiger partial charge is 0.320 e. The number of anilines is 1. The topological polar surface area (TPSA) is 79.2 Å². The lowest BCUT2D eigenvalue weighted by Gasteiger charge is -2.20. The van der Waals surface area contributed by atoms with E-state index in [1.807, 2.05) is 6.07 Å². The molecule has 1 aromatic carbocycles. The molecular formula is C17H23FN4O2. The molecule has 0 aliphatic heterocycles. The third-order valence-electron chi connectivity index (χ3n) is 3.72. The van der Waals surface area contributed by atoms with Gasteiger partial charge in [-0.25, -0.2) is 9.18 Å². The van der Waals surface area contributed by atoms with Gasteiger partial charge in [0.25, 0.3) is 0 Å². The van der Waals surface area contributed by atoms with Gasteiger partial charge >= 0.3 is 6.03 Å². The maximum absolute atomic E-state index is 12.9.